The molecule has 5 heteroatoms. The van der Waals surface area contributed by atoms with Gasteiger partial charge in [0.2, 0.25) is 5.91 Å². The molecule has 0 aromatic carbocycles. The van der Waals surface area contributed by atoms with Gasteiger partial charge in [0.15, 0.2) is 0 Å². The number of carbonyl (C=O) groups excluding carboxylic acids is 2. The van der Waals surface area contributed by atoms with Crippen LogP contribution in [0.4, 0.5) is 0 Å². The lowest BCUT2D eigenvalue weighted by atomic mass is 10.0. The Kier molecular flexibility index (Phi) is 4.08. The monoisotopic (exact) mass is 214 g/mol. The van der Waals surface area contributed by atoms with E-state index in [1.807, 2.05) is 0 Å². The molecule has 1 aliphatic rings. The molecular formula is C10H18N2O3. The van der Waals surface area contributed by atoms with Gasteiger partial charge in [-0.2, -0.15) is 0 Å². The topological polar surface area (TPSA) is 58.6 Å². The molecule has 1 N–H and O–H groups in total. The molecule has 1 amide bonds. The molecule has 1 unspecified atom stereocenters. The van der Waals surface area contributed by atoms with Crippen molar-refractivity contribution >= 4 is 11.9 Å². The minimum absolute atomic E-state index is 0.0832. The highest BCUT2D eigenvalue weighted by Gasteiger charge is 2.29. The largest absolute Gasteiger partial charge is 0.469 e. The molecule has 0 spiro atoms. The molecule has 0 aliphatic carbocycles. The van der Waals surface area contributed by atoms with Crippen molar-refractivity contribution in [3.05, 3.63) is 0 Å². The van der Waals surface area contributed by atoms with E-state index >= 15 is 0 Å². The number of nitrogens with one attached hydrogen (secondary N) is 1. The molecule has 86 valence electrons. The number of methoxy groups -OCH3 is 1. The minimum atomic E-state index is -0.276. The van der Waals surface area contributed by atoms with Crippen LogP contribution in [-0.2, 0) is 14.3 Å². The van der Waals surface area contributed by atoms with Crippen molar-refractivity contribution in [3.8, 4) is 0 Å². The van der Waals surface area contributed by atoms with Gasteiger partial charge in [-0.25, -0.2) is 0 Å². The third-order valence-corrected chi connectivity index (χ3v) is 2.66. The van der Waals surface area contributed by atoms with Gasteiger partial charge in [-0.05, 0) is 0 Å². The minimum Gasteiger partial charge on any atom is -0.469 e. The van der Waals surface area contributed by atoms with Crippen molar-refractivity contribution in [2.75, 3.05) is 33.8 Å². The molecule has 1 saturated heterocycles. The van der Waals surface area contributed by atoms with Crippen molar-refractivity contribution in [1.29, 1.82) is 0 Å². The van der Waals surface area contributed by atoms with Gasteiger partial charge in [0, 0.05) is 26.7 Å². The second-order valence-electron chi connectivity index (χ2n) is 4.00. The smallest absolute Gasteiger partial charge is 0.310 e. The molecule has 1 atom stereocenters. The summed E-state index contributed by atoms with van der Waals surface area (Å²) in [6, 6.07) is 0. The Morgan fingerprint density at radius 1 is 1.53 bits per heavy atom. The van der Waals surface area contributed by atoms with Crippen molar-refractivity contribution in [3.63, 3.8) is 0 Å². The first kappa shape index (κ1) is 12.0. The second-order valence-corrected chi connectivity index (χ2v) is 4.00. The average Bonchev–Trinajstić information content (AvgIpc) is 2.13. The first-order valence-corrected chi connectivity index (χ1v) is 5.09. The van der Waals surface area contributed by atoms with Gasteiger partial charge in [0.1, 0.15) is 0 Å². The van der Waals surface area contributed by atoms with E-state index in [-0.39, 0.29) is 23.7 Å². The summed E-state index contributed by atoms with van der Waals surface area (Å²) in [5.41, 5.74) is 0. The first-order chi connectivity index (χ1) is 7.06. The van der Waals surface area contributed by atoms with E-state index < -0.39 is 0 Å². The molecule has 1 heterocycles. The number of esters is 1. The van der Waals surface area contributed by atoms with Crippen molar-refractivity contribution in [2.45, 2.75) is 6.92 Å². The summed E-state index contributed by atoms with van der Waals surface area (Å²) in [7, 11) is 3.08. The van der Waals surface area contributed by atoms with E-state index in [4.69, 9.17) is 0 Å². The van der Waals surface area contributed by atoms with Crippen LogP contribution in [-0.4, -0.2) is 50.6 Å². The van der Waals surface area contributed by atoms with Crippen LogP contribution in [0.25, 0.3) is 0 Å². The zero-order chi connectivity index (χ0) is 11.4. The molecule has 0 saturated carbocycles. The fourth-order valence-electron chi connectivity index (χ4n) is 1.55. The van der Waals surface area contributed by atoms with E-state index in [1.165, 1.54) is 7.11 Å². The summed E-state index contributed by atoms with van der Waals surface area (Å²) < 4.78 is 4.60. The molecular weight excluding hydrogens is 196 g/mol. The molecule has 0 aromatic heterocycles. The highest BCUT2D eigenvalue weighted by Crippen LogP contribution is 2.09. The molecule has 5 nitrogen and oxygen atoms in total. The van der Waals surface area contributed by atoms with Gasteiger partial charge < -0.3 is 15.0 Å². The average molecular weight is 214 g/mol. The van der Waals surface area contributed by atoms with Crippen molar-refractivity contribution in [1.82, 2.24) is 10.2 Å². The molecule has 1 rings (SSSR count). The van der Waals surface area contributed by atoms with Crippen LogP contribution in [0.2, 0.25) is 0 Å². The zero-order valence-electron chi connectivity index (χ0n) is 9.45. The summed E-state index contributed by atoms with van der Waals surface area (Å²) in [6.07, 6.45) is 0. The number of rotatable bonds is 4. The third-order valence-electron chi connectivity index (χ3n) is 2.66. The lowest BCUT2D eigenvalue weighted by molar-refractivity contribution is -0.146. The van der Waals surface area contributed by atoms with Gasteiger partial charge >= 0.3 is 5.97 Å². The summed E-state index contributed by atoms with van der Waals surface area (Å²) in [5.74, 6) is -0.359. The number of carbonyl (C=O) groups is 2. The van der Waals surface area contributed by atoms with Crippen LogP contribution < -0.4 is 5.32 Å². The fraction of sp³-hybridized carbons (Fsp3) is 0.800. The SMILES string of the molecule is COC(=O)C(C)CN(C)C(=O)C1CNC1. The number of ether oxygens (including phenoxy) is 1. The van der Waals surface area contributed by atoms with E-state index in [0.29, 0.717) is 6.54 Å². The zero-order valence-corrected chi connectivity index (χ0v) is 9.45. The number of hydrogen-bond donors (Lipinski definition) is 1. The van der Waals surface area contributed by atoms with Gasteiger partial charge in [-0.15, -0.1) is 0 Å². The van der Waals surface area contributed by atoms with Crippen LogP contribution in [0, 0.1) is 11.8 Å². The van der Waals surface area contributed by atoms with Crippen LogP contribution in [0.3, 0.4) is 0 Å². The Morgan fingerprint density at radius 3 is 2.53 bits per heavy atom. The van der Waals surface area contributed by atoms with Gasteiger partial charge in [-0.3, -0.25) is 9.59 Å². The maximum atomic E-state index is 11.7. The third kappa shape index (κ3) is 2.92. The van der Waals surface area contributed by atoms with Crippen LogP contribution >= 0.6 is 0 Å². The predicted molar refractivity (Wildman–Crippen MR) is 55.2 cm³/mol. The van der Waals surface area contributed by atoms with E-state index in [2.05, 4.69) is 10.1 Å². The maximum absolute atomic E-state index is 11.7. The summed E-state index contributed by atoms with van der Waals surface area (Å²) in [5, 5.41) is 3.05. The molecule has 1 aliphatic heterocycles. The standard InChI is InChI=1S/C10H18N2O3/c1-7(10(14)15-3)6-12(2)9(13)8-4-11-5-8/h7-8,11H,4-6H2,1-3H3. The summed E-state index contributed by atoms with van der Waals surface area (Å²) >= 11 is 0. The Bertz CT molecular complexity index is 251. The Morgan fingerprint density at radius 2 is 2.13 bits per heavy atom. The summed E-state index contributed by atoms with van der Waals surface area (Å²) in [4.78, 5) is 24.5. The van der Waals surface area contributed by atoms with Gasteiger partial charge in [-0.1, -0.05) is 6.92 Å². The summed E-state index contributed by atoms with van der Waals surface area (Å²) in [6.45, 7) is 3.67. The van der Waals surface area contributed by atoms with Crippen LogP contribution in [0.5, 0.6) is 0 Å². The van der Waals surface area contributed by atoms with E-state index in [0.717, 1.165) is 13.1 Å². The lowest BCUT2D eigenvalue weighted by Crippen LogP contribution is -2.52. The molecule has 0 bridgehead atoms. The number of amides is 1. The van der Waals surface area contributed by atoms with Crippen molar-refractivity contribution < 1.29 is 14.3 Å². The van der Waals surface area contributed by atoms with Crippen molar-refractivity contribution in [2.24, 2.45) is 11.8 Å². The normalized spacial score (nSPS) is 17.8. The maximum Gasteiger partial charge on any atom is 0.310 e. The highest BCUT2D eigenvalue weighted by molar-refractivity contribution is 5.81. The van der Waals surface area contributed by atoms with Gasteiger partial charge in [0.05, 0.1) is 18.9 Å². The lowest BCUT2D eigenvalue weighted by Gasteiger charge is -2.31. The van der Waals surface area contributed by atoms with Gasteiger partial charge in [0.25, 0.3) is 0 Å². The van der Waals surface area contributed by atoms with E-state index in [9.17, 15) is 9.59 Å². The van der Waals surface area contributed by atoms with E-state index in [1.54, 1.807) is 18.9 Å². The fourth-order valence-corrected chi connectivity index (χ4v) is 1.55. The van der Waals surface area contributed by atoms with Crippen LogP contribution in [0.1, 0.15) is 6.92 Å². The molecule has 1 fully saturated rings. The van der Waals surface area contributed by atoms with Crippen LogP contribution in [0.15, 0.2) is 0 Å². The quantitative estimate of drug-likeness (QED) is 0.639. The Hall–Kier alpha value is -1.10. The molecule has 0 radical (unpaired) electrons. The molecule has 0 aromatic rings. The highest BCUT2D eigenvalue weighted by atomic mass is 16.5. The number of nitrogens with zero attached hydrogens (tertiary/aromatic N) is 1. The predicted octanol–water partition coefficient (Wildman–Crippen LogP) is -0.527. The first-order valence-electron chi connectivity index (χ1n) is 5.09. The number of hydrogen-bond acceptors (Lipinski definition) is 4. The molecule has 15 heavy (non-hydrogen) atoms. The Balaban J connectivity index is 2.36. The Labute approximate surface area is 89.8 Å². The second kappa shape index (κ2) is 5.11.